The highest BCUT2D eigenvalue weighted by molar-refractivity contribution is 7.07. The number of hydrogen-bond donors (Lipinski definition) is 1. The lowest BCUT2D eigenvalue weighted by molar-refractivity contribution is 0.0766. The van der Waals surface area contributed by atoms with Gasteiger partial charge in [-0.25, -0.2) is 4.98 Å². The number of carbonyl (C=O) groups excluding carboxylic acids is 1. The van der Waals surface area contributed by atoms with E-state index < -0.39 is 0 Å². The first kappa shape index (κ1) is 16.6. The number of amides is 1. The maximum Gasteiger partial charge on any atom is 0.267 e. The average Bonchev–Trinajstić information content (AvgIpc) is 3.02. The Morgan fingerprint density at radius 2 is 2.17 bits per heavy atom. The number of pyridine rings is 1. The number of carbonyl (C=O) groups is 1. The van der Waals surface area contributed by atoms with Gasteiger partial charge >= 0.3 is 0 Å². The number of aromatic nitrogens is 3. The van der Waals surface area contributed by atoms with Gasteiger partial charge in [0.1, 0.15) is 10.7 Å². The normalized spacial score (nSPS) is 18.1. The summed E-state index contributed by atoms with van der Waals surface area (Å²) >= 11 is 1.16. The Balaban J connectivity index is 1.56. The van der Waals surface area contributed by atoms with Crippen molar-refractivity contribution in [1.29, 1.82) is 0 Å². The Morgan fingerprint density at radius 1 is 1.29 bits per heavy atom. The second-order valence-electron chi connectivity index (χ2n) is 6.15. The molecule has 8 heteroatoms. The van der Waals surface area contributed by atoms with Gasteiger partial charge in [0.2, 0.25) is 0 Å². The first-order chi connectivity index (χ1) is 11.6. The summed E-state index contributed by atoms with van der Waals surface area (Å²) in [4.78, 5) is 21.3. The summed E-state index contributed by atoms with van der Waals surface area (Å²) in [6, 6.07) is 4.42. The Hall–Kier alpha value is -2.22. The molecule has 1 atom stereocenters. The van der Waals surface area contributed by atoms with E-state index in [4.69, 9.17) is 0 Å². The fourth-order valence-electron chi connectivity index (χ4n) is 2.83. The van der Waals surface area contributed by atoms with Crippen molar-refractivity contribution < 1.29 is 4.79 Å². The molecule has 0 aliphatic carbocycles. The van der Waals surface area contributed by atoms with Crippen molar-refractivity contribution in [3.05, 3.63) is 29.4 Å². The van der Waals surface area contributed by atoms with E-state index in [9.17, 15) is 4.79 Å². The van der Waals surface area contributed by atoms with Gasteiger partial charge in [0, 0.05) is 33.2 Å². The van der Waals surface area contributed by atoms with E-state index in [-0.39, 0.29) is 5.91 Å². The molecule has 3 heterocycles. The van der Waals surface area contributed by atoms with Crippen LogP contribution in [0, 0.1) is 0 Å². The Morgan fingerprint density at radius 3 is 2.83 bits per heavy atom. The van der Waals surface area contributed by atoms with Gasteiger partial charge in [-0.2, -0.15) is 0 Å². The molecule has 0 spiro atoms. The van der Waals surface area contributed by atoms with Gasteiger partial charge in [-0.15, -0.1) is 5.10 Å². The van der Waals surface area contributed by atoms with Crippen LogP contribution in [0.3, 0.4) is 0 Å². The van der Waals surface area contributed by atoms with Gasteiger partial charge in [-0.1, -0.05) is 4.49 Å². The molecule has 7 nitrogen and oxygen atoms in total. The molecule has 1 aliphatic rings. The molecular weight excluding hydrogens is 324 g/mol. The zero-order valence-corrected chi connectivity index (χ0v) is 14.8. The topological polar surface area (TPSA) is 74.2 Å². The molecule has 0 radical (unpaired) electrons. The lowest BCUT2D eigenvalue weighted by Gasteiger charge is -2.20. The third kappa shape index (κ3) is 4.00. The molecule has 0 unspecified atom stereocenters. The standard InChI is InChI=1S/C16H22N6OS/c1-21(2)15-6-5-13(10-17-15)19-12-4-3-8-22(9-7-12)16(23)14-11-18-20-24-14/h5-6,10-12,19H,3-4,7-9H2,1-2H3/t12-/m0/s1. The molecule has 1 N–H and O–H groups in total. The highest BCUT2D eigenvalue weighted by Crippen LogP contribution is 2.19. The summed E-state index contributed by atoms with van der Waals surface area (Å²) < 4.78 is 3.77. The van der Waals surface area contributed by atoms with E-state index in [0.717, 1.165) is 55.4 Å². The highest BCUT2D eigenvalue weighted by Gasteiger charge is 2.22. The lowest BCUT2D eigenvalue weighted by Crippen LogP contribution is -2.32. The van der Waals surface area contributed by atoms with E-state index in [1.54, 1.807) is 6.20 Å². The number of nitrogens with zero attached hydrogens (tertiary/aromatic N) is 5. The van der Waals surface area contributed by atoms with E-state index in [2.05, 4.69) is 26.0 Å². The first-order valence-electron chi connectivity index (χ1n) is 8.10. The van der Waals surface area contributed by atoms with E-state index in [1.807, 2.05) is 36.2 Å². The van der Waals surface area contributed by atoms with Crippen LogP contribution in [0.5, 0.6) is 0 Å². The molecule has 2 aromatic heterocycles. The number of hydrogen-bond acceptors (Lipinski definition) is 7. The second kappa shape index (κ2) is 7.57. The van der Waals surface area contributed by atoms with E-state index in [0.29, 0.717) is 10.9 Å². The molecule has 2 aromatic rings. The summed E-state index contributed by atoms with van der Waals surface area (Å²) in [7, 11) is 3.95. The Labute approximate surface area is 145 Å². The monoisotopic (exact) mass is 346 g/mol. The zero-order valence-electron chi connectivity index (χ0n) is 14.0. The molecule has 0 bridgehead atoms. The summed E-state index contributed by atoms with van der Waals surface area (Å²) in [5, 5.41) is 7.29. The van der Waals surface area contributed by atoms with Crippen LogP contribution in [0.4, 0.5) is 11.5 Å². The van der Waals surface area contributed by atoms with Crippen LogP contribution in [-0.4, -0.2) is 58.6 Å². The van der Waals surface area contributed by atoms with Crippen molar-refractivity contribution in [2.24, 2.45) is 0 Å². The maximum atomic E-state index is 12.4. The highest BCUT2D eigenvalue weighted by atomic mass is 32.1. The van der Waals surface area contributed by atoms with Crippen molar-refractivity contribution in [2.75, 3.05) is 37.4 Å². The van der Waals surface area contributed by atoms with Crippen LogP contribution in [0.2, 0.25) is 0 Å². The van der Waals surface area contributed by atoms with Gasteiger partial charge in [0.15, 0.2) is 0 Å². The smallest absolute Gasteiger partial charge is 0.267 e. The molecule has 24 heavy (non-hydrogen) atoms. The fraction of sp³-hybridized carbons (Fsp3) is 0.500. The summed E-state index contributed by atoms with van der Waals surface area (Å²) in [6.07, 6.45) is 6.37. The third-order valence-electron chi connectivity index (χ3n) is 4.16. The minimum Gasteiger partial charge on any atom is -0.381 e. The van der Waals surface area contributed by atoms with E-state index in [1.165, 1.54) is 0 Å². The second-order valence-corrected chi connectivity index (χ2v) is 6.93. The summed E-state index contributed by atoms with van der Waals surface area (Å²) in [5.74, 6) is 0.985. The molecule has 0 saturated carbocycles. The van der Waals surface area contributed by atoms with Crippen LogP contribution in [-0.2, 0) is 0 Å². The van der Waals surface area contributed by atoms with Crippen LogP contribution in [0.1, 0.15) is 28.9 Å². The SMILES string of the molecule is CN(C)c1ccc(N[C@H]2CCCN(C(=O)c3cnns3)CC2)cn1. The molecule has 1 aliphatic heterocycles. The molecule has 1 saturated heterocycles. The third-order valence-corrected chi connectivity index (χ3v) is 4.82. The average molecular weight is 346 g/mol. The zero-order chi connectivity index (χ0) is 16.9. The minimum absolute atomic E-state index is 0.0441. The van der Waals surface area contributed by atoms with Gasteiger partial charge in [0.05, 0.1) is 18.1 Å². The molecule has 128 valence electrons. The Bertz CT molecular complexity index is 658. The van der Waals surface area contributed by atoms with E-state index >= 15 is 0 Å². The van der Waals surface area contributed by atoms with Crippen molar-refractivity contribution in [3.63, 3.8) is 0 Å². The summed E-state index contributed by atoms with van der Waals surface area (Å²) in [6.45, 7) is 1.53. The molecular formula is C16H22N6OS. The first-order valence-corrected chi connectivity index (χ1v) is 8.87. The largest absolute Gasteiger partial charge is 0.381 e. The predicted molar refractivity (Wildman–Crippen MR) is 95.6 cm³/mol. The van der Waals surface area contributed by atoms with Crippen LogP contribution in [0.25, 0.3) is 0 Å². The van der Waals surface area contributed by atoms with Crippen LogP contribution < -0.4 is 10.2 Å². The number of nitrogens with one attached hydrogen (secondary N) is 1. The van der Waals surface area contributed by atoms with Crippen molar-refractivity contribution >= 4 is 28.9 Å². The number of likely N-dealkylation sites (tertiary alicyclic amines) is 1. The number of rotatable bonds is 4. The molecule has 1 amide bonds. The number of anilines is 2. The van der Waals surface area contributed by atoms with Crippen molar-refractivity contribution in [3.8, 4) is 0 Å². The van der Waals surface area contributed by atoms with Gasteiger partial charge < -0.3 is 15.1 Å². The predicted octanol–water partition coefficient (Wildman–Crippen LogP) is 2.11. The van der Waals surface area contributed by atoms with Gasteiger partial charge in [0.25, 0.3) is 5.91 Å². The van der Waals surface area contributed by atoms with Gasteiger partial charge in [-0.05, 0) is 42.9 Å². The Kier molecular flexibility index (Phi) is 5.24. The van der Waals surface area contributed by atoms with Gasteiger partial charge in [-0.3, -0.25) is 4.79 Å². The maximum absolute atomic E-state index is 12.4. The lowest BCUT2D eigenvalue weighted by atomic mass is 10.1. The van der Waals surface area contributed by atoms with Crippen LogP contribution >= 0.6 is 11.5 Å². The summed E-state index contributed by atoms with van der Waals surface area (Å²) in [5.41, 5.74) is 1.03. The quantitative estimate of drug-likeness (QED) is 0.914. The molecule has 0 aromatic carbocycles. The minimum atomic E-state index is 0.0441. The molecule has 3 rings (SSSR count). The molecule has 1 fully saturated rings. The van der Waals surface area contributed by atoms with Crippen molar-refractivity contribution in [2.45, 2.75) is 25.3 Å². The fourth-order valence-corrected chi connectivity index (χ4v) is 3.32. The van der Waals surface area contributed by atoms with Crippen LogP contribution in [0.15, 0.2) is 24.5 Å². The van der Waals surface area contributed by atoms with Crippen molar-refractivity contribution in [1.82, 2.24) is 19.5 Å².